The molecule has 0 radical (unpaired) electrons. The number of carboxylic acids is 1. The average Bonchev–Trinajstić information content (AvgIpc) is 2.60. The molecule has 1 unspecified atom stereocenters. The number of sulfonamides is 1. The molecule has 0 bridgehead atoms. The predicted octanol–water partition coefficient (Wildman–Crippen LogP) is 3.71. The SMILES string of the molecule is O=C(O)CCC(Cc1ccccc1)NS(=O)(=O)/C=C/c1ccccc1Cl. The highest BCUT2D eigenvalue weighted by molar-refractivity contribution is 7.92. The summed E-state index contributed by atoms with van der Waals surface area (Å²) in [7, 11) is -3.75. The predicted molar refractivity (Wildman–Crippen MR) is 103 cm³/mol. The maximum atomic E-state index is 12.4. The molecule has 2 N–H and O–H groups in total. The normalized spacial score (nSPS) is 13.0. The quantitative estimate of drug-likeness (QED) is 0.680. The van der Waals surface area contributed by atoms with Gasteiger partial charge in [-0.15, -0.1) is 0 Å². The number of hydrogen-bond donors (Lipinski definition) is 2. The summed E-state index contributed by atoms with van der Waals surface area (Å²) in [5.74, 6) is -0.964. The van der Waals surface area contributed by atoms with E-state index in [2.05, 4.69) is 4.72 Å². The maximum Gasteiger partial charge on any atom is 0.303 e. The number of hydrogen-bond acceptors (Lipinski definition) is 3. The summed E-state index contributed by atoms with van der Waals surface area (Å²) in [4.78, 5) is 10.9. The highest BCUT2D eigenvalue weighted by Crippen LogP contribution is 2.17. The Morgan fingerprint density at radius 2 is 1.77 bits per heavy atom. The highest BCUT2D eigenvalue weighted by Gasteiger charge is 2.17. The van der Waals surface area contributed by atoms with E-state index in [4.69, 9.17) is 16.7 Å². The first kappa shape index (κ1) is 20.2. The van der Waals surface area contributed by atoms with Crippen LogP contribution in [0.5, 0.6) is 0 Å². The van der Waals surface area contributed by atoms with E-state index in [0.29, 0.717) is 17.0 Å². The molecule has 0 aliphatic rings. The van der Waals surface area contributed by atoms with E-state index in [1.165, 1.54) is 6.08 Å². The van der Waals surface area contributed by atoms with E-state index >= 15 is 0 Å². The van der Waals surface area contributed by atoms with Crippen LogP contribution in [-0.2, 0) is 21.2 Å². The Labute approximate surface area is 158 Å². The Balaban J connectivity index is 2.11. The topological polar surface area (TPSA) is 83.5 Å². The first-order valence-corrected chi connectivity index (χ1v) is 9.99. The zero-order valence-corrected chi connectivity index (χ0v) is 15.6. The van der Waals surface area contributed by atoms with Gasteiger partial charge in [-0.25, -0.2) is 13.1 Å². The Morgan fingerprint density at radius 1 is 1.12 bits per heavy atom. The minimum absolute atomic E-state index is 0.117. The van der Waals surface area contributed by atoms with Crippen LogP contribution >= 0.6 is 11.6 Å². The standard InChI is InChI=1S/C19H20ClNO4S/c20-18-9-5-4-8-16(18)12-13-26(24,25)21-17(10-11-19(22)23)14-15-6-2-1-3-7-15/h1-9,12-13,17,21H,10-11,14H2,(H,22,23)/b13-12+. The van der Waals surface area contributed by atoms with E-state index in [1.54, 1.807) is 24.3 Å². The largest absolute Gasteiger partial charge is 0.481 e. The smallest absolute Gasteiger partial charge is 0.303 e. The van der Waals surface area contributed by atoms with Gasteiger partial charge < -0.3 is 5.11 Å². The van der Waals surface area contributed by atoms with E-state index in [9.17, 15) is 13.2 Å². The van der Waals surface area contributed by atoms with Gasteiger partial charge in [-0.3, -0.25) is 4.79 Å². The van der Waals surface area contributed by atoms with E-state index in [1.807, 2.05) is 30.3 Å². The number of nitrogens with one attached hydrogen (secondary N) is 1. The van der Waals surface area contributed by atoms with Crippen molar-refractivity contribution in [3.05, 3.63) is 76.2 Å². The number of carboxylic acid groups (broad SMARTS) is 1. The summed E-state index contributed by atoms with van der Waals surface area (Å²) in [5, 5.41) is 10.4. The van der Waals surface area contributed by atoms with E-state index in [-0.39, 0.29) is 12.8 Å². The van der Waals surface area contributed by atoms with Crippen LogP contribution in [0.2, 0.25) is 5.02 Å². The van der Waals surface area contributed by atoms with Gasteiger partial charge in [0.05, 0.1) is 0 Å². The first-order chi connectivity index (χ1) is 12.4. The number of halogens is 1. The first-order valence-electron chi connectivity index (χ1n) is 8.06. The number of rotatable bonds is 9. The lowest BCUT2D eigenvalue weighted by Gasteiger charge is -2.17. The maximum absolute atomic E-state index is 12.4. The zero-order valence-electron chi connectivity index (χ0n) is 14.0. The molecule has 0 fully saturated rings. The van der Waals surface area contributed by atoms with Gasteiger partial charge in [-0.05, 0) is 36.1 Å². The lowest BCUT2D eigenvalue weighted by molar-refractivity contribution is -0.137. The van der Waals surface area contributed by atoms with Crippen molar-refractivity contribution < 1.29 is 18.3 Å². The zero-order chi connectivity index (χ0) is 19.0. The number of benzene rings is 2. The van der Waals surface area contributed by atoms with Crippen LogP contribution in [0.1, 0.15) is 24.0 Å². The lowest BCUT2D eigenvalue weighted by atomic mass is 10.0. The molecule has 0 heterocycles. The van der Waals surface area contributed by atoms with Crippen molar-refractivity contribution in [2.75, 3.05) is 0 Å². The number of aliphatic carboxylic acids is 1. The summed E-state index contributed by atoms with van der Waals surface area (Å²) >= 11 is 6.02. The van der Waals surface area contributed by atoms with E-state index in [0.717, 1.165) is 11.0 Å². The van der Waals surface area contributed by atoms with Crippen LogP contribution in [0.25, 0.3) is 6.08 Å². The Hall–Kier alpha value is -2.15. The van der Waals surface area contributed by atoms with Crippen LogP contribution < -0.4 is 4.72 Å². The van der Waals surface area contributed by atoms with Gasteiger partial charge in [0, 0.05) is 22.9 Å². The van der Waals surface area contributed by atoms with Gasteiger partial charge in [-0.1, -0.05) is 60.1 Å². The molecule has 0 aliphatic heterocycles. The Bertz CT molecular complexity index is 866. The highest BCUT2D eigenvalue weighted by atomic mass is 35.5. The molecule has 0 saturated carbocycles. The van der Waals surface area contributed by atoms with Crippen molar-refractivity contribution in [1.29, 1.82) is 0 Å². The van der Waals surface area contributed by atoms with Crippen molar-refractivity contribution in [3.63, 3.8) is 0 Å². The van der Waals surface area contributed by atoms with Crippen molar-refractivity contribution in [1.82, 2.24) is 4.72 Å². The molecule has 2 rings (SSSR count). The monoisotopic (exact) mass is 393 g/mol. The summed E-state index contributed by atoms with van der Waals surface area (Å²) in [5.41, 5.74) is 1.52. The van der Waals surface area contributed by atoms with Crippen molar-refractivity contribution >= 4 is 33.7 Å². The number of carbonyl (C=O) groups is 1. The lowest BCUT2D eigenvalue weighted by Crippen LogP contribution is -2.35. The molecule has 138 valence electrons. The fourth-order valence-corrected chi connectivity index (χ4v) is 3.71. The van der Waals surface area contributed by atoms with Gasteiger partial charge in [0.25, 0.3) is 0 Å². The Kier molecular flexibility index (Phi) is 7.38. The van der Waals surface area contributed by atoms with Gasteiger partial charge in [0.1, 0.15) is 0 Å². The van der Waals surface area contributed by atoms with Crippen molar-refractivity contribution in [3.8, 4) is 0 Å². The minimum atomic E-state index is -3.75. The van der Waals surface area contributed by atoms with Gasteiger partial charge in [0.15, 0.2) is 0 Å². The molecule has 0 aromatic heterocycles. The summed E-state index contributed by atoms with van der Waals surface area (Å²) in [6.07, 6.45) is 1.91. The second kappa shape index (κ2) is 9.52. The second-order valence-electron chi connectivity index (χ2n) is 5.81. The molecule has 1 atom stereocenters. The molecule has 5 nitrogen and oxygen atoms in total. The second-order valence-corrected chi connectivity index (χ2v) is 7.81. The van der Waals surface area contributed by atoms with Crippen LogP contribution in [0.15, 0.2) is 60.0 Å². The van der Waals surface area contributed by atoms with Crippen LogP contribution in [-0.4, -0.2) is 25.5 Å². The van der Waals surface area contributed by atoms with Crippen LogP contribution in [0.4, 0.5) is 0 Å². The molecule has 2 aromatic carbocycles. The third-order valence-corrected chi connectivity index (χ3v) is 5.19. The molecule has 0 spiro atoms. The summed E-state index contributed by atoms with van der Waals surface area (Å²) in [6.45, 7) is 0. The molecular weight excluding hydrogens is 374 g/mol. The molecular formula is C19H20ClNO4S. The van der Waals surface area contributed by atoms with E-state index < -0.39 is 22.0 Å². The third-order valence-electron chi connectivity index (χ3n) is 3.69. The van der Waals surface area contributed by atoms with Crippen molar-refractivity contribution in [2.45, 2.75) is 25.3 Å². The summed E-state index contributed by atoms with van der Waals surface area (Å²) in [6, 6.07) is 15.7. The molecule has 2 aromatic rings. The third kappa shape index (κ3) is 7.00. The molecule has 26 heavy (non-hydrogen) atoms. The van der Waals surface area contributed by atoms with Gasteiger partial charge >= 0.3 is 5.97 Å². The average molecular weight is 394 g/mol. The van der Waals surface area contributed by atoms with Crippen LogP contribution in [0, 0.1) is 0 Å². The summed E-state index contributed by atoms with van der Waals surface area (Å²) < 4.78 is 27.3. The molecule has 0 aliphatic carbocycles. The van der Waals surface area contributed by atoms with Crippen molar-refractivity contribution in [2.24, 2.45) is 0 Å². The molecule has 0 saturated heterocycles. The molecule has 0 amide bonds. The van der Waals surface area contributed by atoms with Gasteiger partial charge in [0.2, 0.25) is 10.0 Å². The minimum Gasteiger partial charge on any atom is -0.481 e. The Morgan fingerprint density at radius 3 is 2.42 bits per heavy atom. The van der Waals surface area contributed by atoms with Crippen LogP contribution in [0.3, 0.4) is 0 Å². The molecule has 7 heteroatoms. The van der Waals surface area contributed by atoms with Gasteiger partial charge in [-0.2, -0.15) is 0 Å². The fraction of sp³-hybridized carbons (Fsp3) is 0.211. The fourth-order valence-electron chi connectivity index (χ4n) is 2.44.